The maximum Gasteiger partial charge on any atom is 0.161 e. The molecule has 1 atom stereocenters. The third-order valence-corrected chi connectivity index (χ3v) is 2.05. The van der Waals surface area contributed by atoms with Gasteiger partial charge >= 0.3 is 0 Å². The summed E-state index contributed by atoms with van der Waals surface area (Å²) in [6.07, 6.45) is -0.769. The molecule has 1 aromatic carbocycles. The zero-order chi connectivity index (χ0) is 11.3. The number of aliphatic hydroxyl groups is 1. The van der Waals surface area contributed by atoms with Crippen molar-refractivity contribution in [2.24, 2.45) is 5.90 Å². The molecule has 3 N–H and O–H groups in total. The van der Waals surface area contributed by atoms with Crippen molar-refractivity contribution >= 4 is 12.4 Å². The smallest absolute Gasteiger partial charge is 0.161 e. The summed E-state index contributed by atoms with van der Waals surface area (Å²) in [6, 6.07) is 5.13. The predicted octanol–water partition coefficient (Wildman–Crippen LogP) is 1.05. The molecular formula is C10H16ClNO4. The highest BCUT2D eigenvalue weighted by molar-refractivity contribution is 5.85. The minimum atomic E-state index is -0.769. The van der Waals surface area contributed by atoms with Crippen LogP contribution in [0.3, 0.4) is 0 Å². The van der Waals surface area contributed by atoms with Gasteiger partial charge in [-0.3, -0.25) is 0 Å². The van der Waals surface area contributed by atoms with Crippen LogP contribution in [0.1, 0.15) is 11.7 Å². The Labute approximate surface area is 100 Å². The van der Waals surface area contributed by atoms with Gasteiger partial charge in [-0.25, -0.2) is 5.90 Å². The van der Waals surface area contributed by atoms with Gasteiger partial charge in [-0.05, 0) is 17.7 Å². The van der Waals surface area contributed by atoms with Crippen LogP contribution in [0.4, 0.5) is 0 Å². The van der Waals surface area contributed by atoms with E-state index in [1.54, 1.807) is 25.3 Å². The maximum atomic E-state index is 9.60. The average Bonchev–Trinajstić information content (AvgIpc) is 2.28. The van der Waals surface area contributed by atoms with Gasteiger partial charge in [0, 0.05) is 0 Å². The molecular weight excluding hydrogens is 234 g/mol. The van der Waals surface area contributed by atoms with Crippen molar-refractivity contribution in [1.29, 1.82) is 0 Å². The predicted molar refractivity (Wildman–Crippen MR) is 61.9 cm³/mol. The van der Waals surface area contributed by atoms with E-state index in [-0.39, 0.29) is 19.0 Å². The first-order chi connectivity index (χ1) is 7.22. The van der Waals surface area contributed by atoms with E-state index >= 15 is 0 Å². The van der Waals surface area contributed by atoms with Crippen molar-refractivity contribution in [3.63, 3.8) is 0 Å². The van der Waals surface area contributed by atoms with Crippen LogP contribution < -0.4 is 15.4 Å². The topological polar surface area (TPSA) is 73.9 Å². The monoisotopic (exact) mass is 249 g/mol. The molecule has 16 heavy (non-hydrogen) atoms. The Kier molecular flexibility index (Phi) is 6.83. The highest BCUT2D eigenvalue weighted by atomic mass is 35.5. The summed E-state index contributed by atoms with van der Waals surface area (Å²) in [6.45, 7) is 0.0372. The molecule has 5 nitrogen and oxygen atoms in total. The molecule has 0 spiro atoms. The SMILES string of the molecule is COc1ccc(C(O)CON)cc1OC.Cl. The first-order valence-corrected chi connectivity index (χ1v) is 4.44. The van der Waals surface area contributed by atoms with Crippen LogP contribution in [0, 0.1) is 0 Å². The largest absolute Gasteiger partial charge is 0.493 e. The van der Waals surface area contributed by atoms with Gasteiger partial charge in [0.1, 0.15) is 6.10 Å². The minimum absolute atomic E-state index is 0. The summed E-state index contributed by atoms with van der Waals surface area (Å²) >= 11 is 0. The van der Waals surface area contributed by atoms with Gasteiger partial charge in [-0.15, -0.1) is 12.4 Å². The van der Waals surface area contributed by atoms with E-state index in [4.69, 9.17) is 15.4 Å². The van der Waals surface area contributed by atoms with Gasteiger partial charge in [-0.2, -0.15) is 0 Å². The summed E-state index contributed by atoms with van der Waals surface area (Å²) < 4.78 is 10.2. The zero-order valence-corrected chi connectivity index (χ0v) is 9.99. The lowest BCUT2D eigenvalue weighted by atomic mass is 10.1. The number of methoxy groups -OCH3 is 2. The molecule has 0 aromatic heterocycles. The molecule has 0 saturated heterocycles. The second-order valence-corrected chi connectivity index (χ2v) is 2.96. The second kappa shape index (κ2) is 7.29. The highest BCUT2D eigenvalue weighted by Crippen LogP contribution is 2.29. The van der Waals surface area contributed by atoms with E-state index < -0.39 is 6.10 Å². The molecule has 0 heterocycles. The fraction of sp³-hybridized carbons (Fsp3) is 0.400. The van der Waals surface area contributed by atoms with Crippen LogP contribution >= 0.6 is 12.4 Å². The molecule has 0 aliphatic carbocycles. The highest BCUT2D eigenvalue weighted by Gasteiger charge is 2.11. The number of hydrogen-bond donors (Lipinski definition) is 2. The fourth-order valence-corrected chi connectivity index (χ4v) is 1.25. The average molecular weight is 250 g/mol. The third-order valence-electron chi connectivity index (χ3n) is 2.05. The van der Waals surface area contributed by atoms with E-state index in [0.717, 1.165) is 0 Å². The van der Waals surface area contributed by atoms with Crippen molar-refractivity contribution in [2.45, 2.75) is 6.10 Å². The Balaban J connectivity index is 0.00000225. The quantitative estimate of drug-likeness (QED) is 0.763. The van der Waals surface area contributed by atoms with E-state index in [9.17, 15) is 5.11 Å². The van der Waals surface area contributed by atoms with Gasteiger partial charge < -0.3 is 19.4 Å². The molecule has 1 aromatic rings. The van der Waals surface area contributed by atoms with Crippen LogP contribution in [0.15, 0.2) is 18.2 Å². The van der Waals surface area contributed by atoms with Gasteiger partial charge in [-0.1, -0.05) is 6.07 Å². The Bertz CT molecular complexity index is 322. The molecule has 6 heteroatoms. The lowest BCUT2D eigenvalue weighted by Gasteiger charge is -2.12. The van der Waals surface area contributed by atoms with Crippen molar-refractivity contribution in [1.82, 2.24) is 0 Å². The van der Waals surface area contributed by atoms with Crippen LogP contribution in [0.2, 0.25) is 0 Å². The zero-order valence-electron chi connectivity index (χ0n) is 9.17. The van der Waals surface area contributed by atoms with Crippen molar-refractivity contribution in [3.05, 3.63) is 23.8 Å². The van der Waals surface area contributed by atoms with E-state index in [1.165, 1.54) is 7.11 Å². The minimum Gasteiger partial charge on any atom is -0.493 e. The number of ether oxygens (including phenoxy) is 2. The van der Waals surface area contributed by atoms with Crippen molar-refractivity contribution < 1.29 is 19.4 Å². The molecule has 0 aliphatic heterocycles. The number of hydrogen-bond acceptors (Lipinski definition) is 5. The van der Waals surface area contributed by atoms with E-state index in [1.807, 2.05) is 0 Å². The molecule has 92 valence electrons. The number of rotatable bonds is 5. The molecule has 0 saturated carbocycles. The van der Waals surface area contributed by atoms with Crippen LogP contribution in [0.5, 0.6) is 11.5 Å². The van der Waals surface area contributed by atoms with E-state index in [2.05, 4.69) is 4.84 Å². The maximum absolute atomic E-state index is 9.60. The van der Waals surface area contributed by atoms with Crippen LogP contribution in [0.25, 0.3) is 0 Å². The molecule has 0 radical (unpaired) electrons. The van der Waals surface area contributed by atoms with Crippen molar-refractivity contribution in [3.8, 4) is 11.5 Å². The second-order valence-electron chi connectivity index (χ2n) is 2.96. The fourth-order valence-electron chi connectivity index (χ4n) is 1.25. The van der Waals surface area contributed by atoms with Gasteiger partial charge in [0.2, 0.25) is 0 Å². The lowest BCUT2D eigenvalue weighted by Crippen LogP contribution is -2.10. The summed E-state index contributed by atoms with van der Waals surface area (Å²) in [4.78, 5) is 4.37. The lowest BCUT2D eigenvalue weighted by molar-refractivity contribution is 0.0358. The number of halogens is 1. The Morgan fingerprint density at radius 1 is 1.25 bits per heavy atom. The summed E-state index contributed by atoms with van der Waals surface area (Å²) in [5.74, 6) is 6.05. The Morgan fingerprint density at radius 2 is 1.88 bits per heavy atom. The molecule has 1 unspecified atom stereocenters. The molecule has 0 fully saturated rings. The summed E-state index contributed by atoms with van der Waals surface area (Å²) in [5, 5.41) is 9.60. The number of nitrogens with two attached hydrogens (primary N) is 1. The summed E-state index contributed by atoms with van der Waals surface area (Å²) in [7, 11) is 3.09. The normalized spacial score (nSPS) is 11.5. The molecule has 0 aliphatic rings. The Hall–Kier alpha value is -1.01. The van der Waals surface area contributed by atoms with Gasteiger partial charge in [0.05, 0.1) is 20.8 Å². The molecule has 0 amide bonds. The molecule has 1 rings (SSSR count). The van der Waals surface area contributed by atoms with Gasteiger partial charge in [0.15, 0.2) is 11.5 Å². The van der Waals surface area contributed by atoms with Gasteiger partial charge in [0.25, 0.3) is 0 Å². The van der Waals surface area contributed by atoms with Crippen LogP contribution in [-0.2, 0) is 4.84 Å². The third kappa shape index (κ3) is 3.53. The van der Waals surface area contributed by atoms with E-state index in [0.29, 0.717) is 17.1 Å². The Morgan fingerprint density at radius 3 is 2.38 bits per heavy atom. The molecule has 0 bridgehead atoms. The number of aliphatic hydroxyl groups excluding tert-OH is 1. The standard InChI is InChI=1S/C10H15NO4.ClH/c1-13-9-4-3-7(5-10(9)14-2)8(12)6-15-11;/h3-5,8,12H,6,11H2,1-2H3;1H. The first-order valence-electron chi connectivity index (χ1n) is 4.44. The van der Waals surface area contributed by atoms with Crippen molar-refractivity contribution in [2.75, 3.05) is 20.8 Å². The summed E-state index contributed by atoms with van der Waals surface area (Å²) in [5.41, 5.74) is 0.665. The van der Waals surface area contributed by atoms with Crippen LogP contribution in [-0.4, -0.2) is 25.9 Å². The first kappa shape index (κ1) is 15.0. The number of benzene rings is 1.